The molecule has 1 N–H and O–H groups in total. The van der Waals surface area contributed by atoms with Crippen molar-refractivity contribution in [1.82, 2.24) is 5.32 Å². The summed E-state index contributed by atoms with van der Waals surface area (Å²) >= 11 is 3.61. The maximum atomic E-state index is 5.71. The Labute approximate surface area is 111 Å². The van der Waals surface area contributed by atoms with Crippen LogP contribution in [0.5, 0.6) is 11.5 Å². The van der Waals surface area contributed by atoms with Gasteiger partial charge in [-0.3, -0.25) is 0 Å². The Balaban J connectivity index is 2.38. The Morgan fingerprint density at radius 2 is 1.94 bits per heavy atom. The van der Waals surface area contributed by atoms with Gasteiger partial charge >= 0.3 is 0 Å². The smallest absolute Gasteiger partial charge is 0.162 e. The van der Waals surface area contributed by atoms with Crippen LogP contribution in [0.3, 0.4) is 0 Å². The standard InChI is InChI=1S/C13H18BrNO2/c1-3-11(15-2)9-7-12-13(8-10(9)14)17-6-4-5-16-12/h7-8,11,15H,3-6H2,1-2H3. The first-order valence-corrected chi connectivity index (χ1v) is 6.81. The van der Waals surface area contributed by atoms with Crippen LogP contribution >= 0.6 is 15.9 Å². The molecule has 0 amide bonds. The van der Waals surface area contributed by atoms with Crippen LogP contribution in [0, 0.1) is 0 Å². The summed E-state index contributed by atoms with van der Waals surface area (Å²) in [6, 6.07) is 4.42. The quantitative estimate of drug-likeness (QED) is 0.929. The van der Waals surface area contributed by atoms with E-state index in [4.69, 9.17) is 9.47 Å². The molecule has 1 heterocycles. The van der Waals surface area contributed by atoms with Crippen LogP contribution in [0.25, 0.3) is 0 Å². The fraction of sp³-hybridized carbons (Fsp3) is 0.538. The molecule has 1 atom stereocenters. The van der Waals surface area contributed by atoms with Crippen LogP contribution in [0.15, 0.2) is 16.6 Å². The van der Waals surface area contributed by atoms with E-state index in [1.807, 2.05) is 13.1 Å². The first kappa shape index (κ1) is 12.7. The number of benzene rings is 1. The average Bonchev–Trinajstić information content (AvgIpc) is 2.55. The molecule has 0 saturated carbocycles. The molecule has 0 aromatic heterocycles. The second kappa shape index (κ2) is 5.74. The van der Waals surface area contributed by atoms with Crippen molar-refractivity contribution in [2.45, 2.75) is 25.8 Å². The Hall–Kier alpha value is -0.740. The van der Waals surface area contributed by atoms with Gasteiger partial charge in [0.05, 0.1) is 13.2 Å². The van der Waals surface area contributed by atoms with E-state index >= 15 is 0 Å². The summed E-state index contributed by atoms with van der Waals surface area (Å²) in [7, 11) is 1.98. The molecular formula is C13H18BrNO2. The van der Waals surface area contributed by atoms with Crippen molar-refractivity contribution in [1.29, 1.82) is 0 Å². The van der Waals surface area contributed by atoms with E-state index in [-0.39, 0.29) is 0 Å². The second-order valence-corrected chi connectivity index (χ2v) is 4.97. The first-order valence-electron chi connectivity index (χ1n) is 6.02. The highest BCUT2D eigenvalue weighted by Gasteiger charge is 2.17. The number of halogens is 1. The largest absolute Gasteiger partial charge is 0.490 e. The lowest BCUT2D eigenvalue weighted by atomic mass is 10.0. The molecule has 1 aromatic carbocycles. The summed E-state index contributed by atoms with van der Waals surface area (Å²) in [5.74, 6) is 1.69. The van der Waals surface area contributed by atoms with Crippen LogP contribution in [0.4, 0.5) is 0 Å². The zero-order chi connectivity index (χ0) is 12.3. The van der Waals surface area contributed by atoms with Gasteiger partial charge < -0.3 is 14.8 Å². The molecule has 4 heteroatoms. The van der Waals surface area contributed by atoms with Crippen molar-refractivity contribution in [3.8, 4) is 11.5 Å². The maximum absolute atomic E-state index is 5.71. The Bertz CT molecular complexity index is 391. The summed E-state index contributed by atoms with van der Waals surface area (Å²) in [5, 5.41) is 3.30. The third-order valence-electron chi connectivity index (χ3n) is 3.00. The molecule has 1 aliphatic heterocycles. The third kappa shape index (κ3) is 2.75. The predicted octanol–water partition coefficient (Wildman–Crippen LogP) is 3.28. The highest BCUT2D eigenvalue weighted by atomic mass is 79.9. The number of rotatable bonds is 3. The van der Waals surface area contributed by atoms with E-state index in [0.29, 0.717) is 6.04 Å². The van der Waals surface area contributed by atoms with Crippen molar-refractivity contribution in [2.75, 3.05) is 20.3 Å². The number of fused-ring (bicyclic) bond motifs is 1. The number of hydrogen-bond acceptors (Lipinski definition) is 3. The Morgan fingerprint density at radius 1 is 1.29 bits per heavy atom. The minimum atomic E-state index is 0.335. The molecule has 94 valence electrons. The highest BCUT2D eigenvalue weighted by Crippen LogP contribution is 2.38. The normalized spacial score (nSPS) is 16.4. The maximum Gasteiger partial charge on any atom is 0.162 e. The number of ether oxygens (including phenoxy) is 2. The van der Waals surface area contributed by atoms with Crippen molar-refractivity contribution in [3.63, 3.8) is 0 Å². The van der Waals surface area contributed by atoms with E-state index in [1.54, 1.807) is 0 Å². The van der Waals surface area contributed by atoms with Gasteiger partial charge in [-0.25, -0.2) is 0 Å². The Morgan fingerprint density at radius 3 is 2.53 bits per heavy atom. The summed E-state index contributed by atoms with van der Waals surface area (Å²) < 4.78 is 12.4. The van der Waals surface area contributed by atoms with Crippen molar-refractivity contribution in [2.24, 2.45) is 0 Å². The van der Waals surface area contributed by atoms with E-state index in [9.17, 15) is 0 Å². The predicted molar refractivity (Wildman–Crippen MR) is 71.8 cm³/mol. The molecule has 3 nitrogen and oxygen atoms in total. The number of hydrogen-bond donors (Lipinski definition) is 1. The van der Waals surface area contributed by atoms with Gasteiger partial charge in [-0.1, -0.05) is 22.9 Å². The lowest BCUT2D eigenvalue weighted by molar-refractivity contribution is 0.297. The molecule has 0 saturated heterocycles. The third-order valence-corrected chi connectivity index (χ3v) is 3.69. The van der Waals surface area contributed by atoms with Crippen molar-refractivity contribution < 1.29 is 9.47 Å². The summed E-state index contributed by atoms with van der Waals surface area (Å²) in [6.07, 6.45) is 1.97. The monoisotopic (exact) mass is 299 g/mol. The van der Waals surface area contributed by atoms with Crippen LogP contribution < -0.4 is 14.8 Å². The van der Waals surface area contributed by atoms with Gasteiger partial charge in [-0.05, 0) is 31.2 Å². The first-order chi connectivity index (χ1) is 8.26. The fourth-order valence-electron chi connectivity index (χ4n) is 2.05. The SMILES string of the molecule is CCC(NC)c1cc2c(cc1Br)OCCCO2. The zero-order valence-electron chi connectivity index (χ0n) is 10.3. The molecule has 17 heavy (non-hydrogen) atoms. The molecule has 1 aromatic rings. The number of nitrogens with one attached hydrogen (secondary N) is 1. The highest BCUT2D eigenvalue weighted by molar-refractivity contribution is 9.10. The Kier molecular flexibility index (Phi) is 4.29. The van der Waals surface area contributed by atoms with Gasteiger partial charge in [0.15, 0.2) is 11.5 Å². The fourth-order valence-corrected chi connectivity index (χ4v) is 2.64. The molecular weight excluding hydrogens is 282 g/mol. The molecule has 0 radical (unpaired) electrons. The topological polar surface area (TPSA) is 30.5 Å². The second-order valence-electron chi connectivity index (χ2n) is 4.12. The molecule has 0 bridgehead atoms. The lowest BCUT2D eigenvalue weighted by Crippen LogP contribution is -2.15. The van der Waals surface area contributed by atoms with E-state index in [0.717, 1.165) is 42.0 Å². The van der Waals surface area contributed by atoms with Crippen LogP contribution in [0.2, 0.25) is 0 Å². The van der Waals surface area contributed by atoms with Crippen LogP contribution in [0.1, 0.15) is 31.4 Å². The average molecular weight is 300 g/mol. The molecule has 0 aliphatic carbocycles. The van der Waals surface area contributed by atoms with Crippen LogP contribution in [-0.2, 0) is 0 Å². The van der Waals surface area contributed by atoms with Crippen molar-refractivity contribution >= 4 is 15.9 Å². The van der Waals surface area contributed by atoms with Gasteiger partial charge in [-0.2, -0.15) is 0 Å². The van der Waals surface area contributed by atoms with Gasteiger partial charge in [0.25, 0.3) is 0 Å². The van der Waals surface area contributed by atoms with Gasteiger partial charge in [0.1, 0.15) is 0 Å². The van der Waals surface area contributed by atoms with Crippen LogP contribution in [-0.4, -0.2) is 20.3 Å². The van der Waals surface area contributed by atoms with E-state index < -0.39 is 0 Å². The lowest BCUT2D eigenvalue weighted by Gasteiger charge is -2.18. The zero-order valence-corrected chi connectivity index (χ0v) is 11.8. The molecule has 0 fully saturated rings. The van der Waals surface area contributed by atoms with E-state index in [1.165, 1.54) is 5.56 Å². The van der Waals surface area contributed by atoms with Gasteiger partial charge in [-0.15, -0.1) is 0 Å². The molecule has 0 spiro atoms. The molecule has 1 unspecified atom stereocenters. The van der Waals surface area contributed by atoms with Gasteiger partial charge in [0.2, 0.25) is 0 Å². The summed E-state index contributed by atoms with van der Waals surface area (Å²) in [5.41, 5.74) is 1.22. The van der Waals surface area contributed by atoms with Crippen molar-refractivity contribution in [3.05, 3.63) is 22.2 Å². The molecule has 1 aliphatic rings. The minimum Gasteiger partial charge on any atom is -0.490 e. The minimum absolute atomic E-state index is 0.335. The van der Waals surface area contributed by atoms with E-state index in [2.05, 4.69) is 34.2 Å². The summed E-state index contributed by atoms with van der Waals surface area (Å²) in [6.45, 7) is 3.61. The van der Waals surface area contributed by atoms with Gasteiger partial charge in [0, 0.05) is 16.9 Å². The molecule has 2 rings (SSSR count). The summed E-state index contributed by atoms with van der Waals surface area (Å²) in [4.78, 5) is 0.